The molecule has 0 bridgehead atoms. The number of amides is 2. The van der Waals surface area contributed by atoms with Crippen molar-refractivity contribution in [1.29, 1.82) is 0 Å². The molecule has 0 aromatic carbocycles. The van der Waals surface area contributed by atoms with E-state index in [-0.39, 0.29) is 17.7 Å². The molecule has 1 unspecified atom stereocenters. The van der Waals surface area contributed by atoms with E-state index in [0.29, 0.717) is 19.4 Å². The predicted molar refractivity (Wildman–Crippen MR) is 150 cm³/mol. The van der Waals surface area contributed by atoms with E-state index >= 15 is 0 Å². The fourth-order valence-corrected chi connectivity index (χ4v) is 5.13. The summed E-state index contributed by atoms with van der Waals surface area (Å²) >= 11 is 3.79. The van der Waals surface area contributed by atoms with Crippen LogP contribution in [0.4, 0.5) is 5.13 Å². The minimum atomic E-state index is 0.0966. The Morgan fingerprint density at radius 2 is 2.06 bits per heavy atom. The van der Waals surface area contributed by atoms with E-state index in [1.165, 1.54) is 0 Å². The van der Waals surface area contributed by atoms with Gasteiger partial charge in [-0.15, -0.1) is 11.3 Å². The number of aromatic nitrogens is 1. The second-order valence-corrected chi connectivity index (χ2v) is 10.1. The summed E-state index contributed by atoms with van der Waals surface area (Å²) in [6, 6.07) is 0. The average Bonchev–Trinajstić information content (AvgIpc) is 3.26. The van der Waals surface area contributed by atoms with Crippen molar-refractivity contribution in [2.24, 2.45) is 5.92 Å². The summed E-state index contributed by atoms with van der Waals surface area (Å²) in [6.45, 7) is 13.3. The minimum Gasteiger partial charge on any atom is -0.361 e. The maximum absolute atomic E-state index is 12.6. The molecule has 7 nitrogen and oxygen atoms in total. The van der Waals surface area contributed by atoms with E-state index in [4.69, 9.17) is 4.98 Å². The summed E-state index contributed by atoms with van der Waals surface area (Å²) in [5.41, 5.74) is 2.19. The van der Waals surface area contributed by atoms with E-state index < -0.39 is 0 Å². The van der Waals surface area contributed by atoms with Gasteiger partial charge in [0.15, 0.2) is 5.13 Å². The fourth-order valence-electron chi connectivity index (χ4n) is 3.69. The SMILES string of the molecule is C=C/C=C(\CC)CC(=O)N1CCN(Cc2csc(NCCCNC(=O)CC(C)/C=C\I)n2)CC1. The molecule has 1 aliphatic rings. The highest BCUT2D eigenvalue weighted by atomic mass is 127. The number of carbonyl (C=O) groups is 2. The molecule has 1 saturated heterocycles. The standard InChI is InChI=1S/C25H38IN5O2S/c1-4-7-21(5-2)17-24(33)31-14-12-30(13-15-31)18-22-19-34-25(29-22)28-11-6-10-27-23(32)16-20(3)8-9-26/h4,7-9,19-20H,1,5-6,10-18H2,2-3H3,(H,27,32)(H,28,29)/b9-8-,21-7+. The van der Waals surface area contributed by atoms with E-state index in [9.17, 15) is 9.59 Å². The normalized spacial score (nSPS) is 16.0. The van der Waals surface area contributed by atoms with Crippen LogP contribution in [0.15, 0.2) is 39.8 Å². The molecule has 2 N–H and O–H groups in total. The van der Waals surface area contributed by atoms with Gasteiger partial charge in [0.05, 0.1) is 5.69 Å². The number of nitrogens with zero attached hydrogens (tertiary/aromatic N) is 3. The minimum absolute atomic E-state index is 0.0966. The van der Waals surface area contributed by atoms with Crippen LogP contribution in [0, 0.1) is 5.92 Å². The Morgan fingerprint density at radius 3 is 2.74 bits per heavy atom. The Morgan fingerprint density at radius 1 is 1.29 bits per heavy atom. The van der Waals surface area contributed by atoms with E-state index in [2.05, 4.69) is 57.0 Å². The maximum atomic E-state index is 12.6. The summed E-state index contributed by atoms with van der Waals surface area (Å²) in [6.07, 6.45) is 8.49. The molecule has 0 aliphatic carbocycles. The van der Waals surface area contributed by atoms with E-state index in [0.717, 1.165) is 68.5 Å². The van der Waals surface area contributed by atoms with Crippen LogP contribution in [0.2, 0.25) is 0 Å². The van der Waals surface area contributed by atoms with Gasteiger partial charge >= 0.3 is 0 Å². The number of hydrogen-bond acceptors (Lipinski definition) is 6. The molecule has 1 aliphatic heterocycles. The van der Waals surface area contributed by atoms with Gasteiger partial charge in [0, 0.05) is 64.0 Å². The highest BCUT2D eigenvalue weighted by molar-refractivity contribution is 14.1. The Kier molecular flexibility index (Phi) is 13.5. The first-order valence-electron chi connectivity index (χ1n) is 12.0. The first-order valence-corrected chi connectivity index (χ1v) is 14.1. The summed E-state index contributed by atoms with van der Waals surface area (Å²) in [5, 5.41) is 9.34. The molecule has 0 radical (unpaired) electrons. The van der Waals surface area contributed by atoms with Crippen LogP contribution in [0.3, 0.4) is 0 Å². The zero-order chi connectivity index (χ0) is 24.8. The molecule has 0 saturated carbocycles. The Bertz CT molecular complexity index is 846. The molecule has 1 atom stereocenters. The number of halogens is 1. The quantitative estimate of drug-likeness (QED) is 0.186. The average molecular weight is 600 g/mol. The Balaban J connectivity index is 1.63. The van der Waals surface area contributed by atoms with Gasteiger partial charge in [0.2, 0.25) is 11.8 Å². The summed E-state index contributed by atoms with van der Waals surface area (Å²) < 4.78 is 1.95. The Hall–Kier alpha value is -1.72. The van der Waals surface area contributed by atoms with Crippen LogP contribution in [-0.2, 0) is 16.1 Å². The number of hydrogen-bond donors (Lipinski definition) is 2. The second-order valence-electron chi connectivity index (χ2n) is 8.52. The summed E-state index contributed by atoms with van der Waals surface area (Å²) in [5.74, 6) is 0.568. The number of nitrogens with one attached hydrogen (secondary N) is 2. The van der Waals surface area contributed by atoms with E-state index in [1.54, 1.807) is 17.4 Å². The topological polar surface area (TPSA) is 77.6 Å². The zero-order valence-corrected chi connectivity index (χ0v) is 23.4. The zero-order valence-electron chi connectivity index (χ0n) is 20.4. The third-order valence-electron chi connectivity index (χ3n) is 5.71. The van der Waals surface area contributed by atoms with Gasteiger partial charge in [-0.1, -0.05) is 66.8 Å². The van der Waals surface area contributed by atoms with Crippen molar-refractivity contribution in [3.8, 4) is 0 Å². The van der Waals surface area contributed by atoms with Crippen LogP contribution in [0.5, 0.6) is 0 Å². The van der Waals surface area contributed by atoms with Crippen LogP contribution in [-0.4, -0.2) is 65.9 Å². The van der Waals surface area contributed by atoms with Gasteiger partial charge in [-0.2, -0.15) is 0 Å². The first kappa shape index (κ1) is 28.5. The lowest BCUT2D eigenvalue weighted by molar-refractivity contribution is -0.132. The molecule has 1 fully saturated rings. The maximum Gasteiger partial charge on any atom is 0.226 e. The fraction of sp³-hybridized carbons (Fsp3) is 0.560. The van der Waals surface area contributed by atoms with Crippen LogP contribution in [0.1, 0.15) is 45.2 Å². The van der Waals surface area contributed by atoms with Crippen LogP contribution < -0.4 is 10.6 Å². The lowest BCUT2D eigenvalue weighted by Gasteiger charge is -2.34. The monoisotopic (exact) mass is 599 g/mol. The van der Waals surface area contributed by atoms with Crippen molar-refractivity contribution in [2.45, 2.75) is 46.1 Å². The highest BCUT2D eigenvalue weighted by Crippen LogP contribution is 2.18. The molecule has 1 aromatic rings. The molecule has 34 heavy (non-hydrogen) atoms. The largest absolute Gasteiger partial charge is 0.361 e. The van der Waals surface area contributed by atoms with Crippen LogP contribution >= 0.6 is 33.9 Å². The van der Waals surface area contributed by atoms with Crippen molar-refractivity contribution < 1.29 is 9.59 Å². The molecule has 2 amide bonds. The number of thiazole rings is 1. The van der Waals surface area contributed by atoms with Crippen molar-refractivity contribution in [3.63, 3.8) is 0 Å². The highest BCUT2D eigenvalue weighted by Gasteiger charge is 2.22. The Labute approximate surface area is 221 Å². The number of piperazine rings is 1. The number of carbonyl (C=O) groups excluding carboxylic acids is 2. The van der Waals surface area contributed by atoms with Crippen molar-refractivity contribution >= 4 is 50.9 Å². The van der Waals surface area contributed by atoms with Gasteiger partial charge in [-0.25, -0.2) is 4.98 Å². The summed E-state index contributed by atoms with van der Waals surface area (Å²) in [4.78, 5) is 33.5. The molecule has 2 rings (SSSR count). The first-order chi connectivity index (χ1) is 16.4. The molecular weight excluding hydrogens is 561 g/mol. The van der Waals surface area contributed by atoms with Crippen molar-refractivity contribution in [1.82, 2.24) is 20.1 Å². The predicted octanol–water partition coefficient (Wildman–Crippen LogP) is 4.59. The molecule has 2 heterocycles. The molecular formula is C25H38IN5O2S. The molecule has 9 heteroatoms. The smallest absolute Gasteiger partial charge is 0.226 e. The van der Waals surface area contributed by atoms with Gasteiger partial charge in [-0.05, 0) is 22.8 Å². The van der Waals surface area contributed by atoms with Gasteiger partial charge in [0.1, 0.15) is 0 Å². The molecule has 1 aromatic heterocycles. The van der Waals surface area contributed by atoms with E-state index in [1.807, 2.05) is 28.1 Å². The number of anilines is 1. The number of allylic oxidation sites excluding steroid dienone is 3. The van der Waals surface area contributed by atoms with Crippen molar-refractivity contribution in [3.05, 3.63) is 45.5 Å². The lowest BCUT2D eigenvalue weighted by Crippen LogP contribution is -2.48. The van der Waals surface area contributed by atoms with Crippen LogP contribution in [0.25, 0.3) is 0 Å². The molecule has 0 spiro atoms. The van der Waals surface area contributed by atoms with Gasteiger partial charge in [0.25, 0.3) is 0 Å². The third kappa shape index (κ3) is 10.7. The second kappa shape index (κ2) is 16.0. The summed E-state index contributed by atoms with van der Waals surface area (Å²) in [7, 11) is 0. The number of rotatable bonds is 14. The molecule has 188 valence electrons. The van der Waals surface area contributed by atoms with Gasteiger partial charge in [-0.3, -0.25) is 14.5 Å². The third-order valence-corrected chi connectivity index (χ3v) is 6.97. The lowest BCUT2D eigenvalue weighted by atomic mass is 10.1. The van der Waals surface area contributed by atoms with Crippen molar-refractivity contribution in [2.75, 3.05) is 44.6 Å². The van der Waals surface area contributed by atoms with Gasteiger partial charge < -0.3 is 15.5 Å².